The molecule has 0 saturated carbocycles. The molecule has 32 heavy (non-hydrogen) atoms. The van der Waals surface area contributed by atoms with Crippen molar-refractivity contribution >= 4 is 23.3 Å². The number of rotatable bonds is 5. The zero-order valence-electron chi connectivity index (χ0n) is 16.9. The number of halogens is 5. The van der Waals surface area contributed by atoms with E-state index in [0.29, 0.717) is 30.5 Å². The smallest absolute Gasteiger partial charge is 0.306 e. The maximum atomic E-state index is 13.4. The monoisotopic (exact) mass is 469 g/mol. The molecule has 0 saturated heterocycles. The van der Waals surface area contributed by atoms with Crippen LogP contribution in [0.25, 0.3) is 0 Å². The van der Waals surface area contributed by atoms with Crippen LogP contribution in [0.4, 0.5) is 23.4 Å². The minimum atomic E-state index is -4.57. The molecule has 1 aliphatic carbocycles. The summed E-state index contributed by atoms with van der Waals surface area (Å²) < 4.78 is 56.2. The predicted octanol–water partition coefficient (Wildman–Crippen LogP) is 4.85. The van der Waals surface area contributed by atoms with Crippen LogP contribution >= 0.6 is 11.6 Å². The van der Waals surface area contributed by atoms with Gasteiger partial charge in [0.1, 0.15) is 17.4 Å². The van der Waals surface area contributed by atoms with E-state index in [9.17, 15) is 22.4 Å². The molecule has 0 fully saturated rings. The van der Waals surface area contributed by atoms with Crippen LogP contribution in [-0.4, -0.2) is 25.5 Å². The fourth-order valence-electron chi connectivity index (χ4n) is 3.90. The van der Waals surface area contributed by atoms with Crippen LogP contribution in [0.3, 0.4) is 0 Å². The minimum absolute atomic E-state index is 0.0716. The molecule has 0 aliphatic heterocycles. The highest BCUT2D eigenvalue weighted by Crippen LogP contribution is 2.35. The number of aromatic nitrogens is 4. The van der Waals surface area contributed by atoms with Crippen molar-refractivity contribution in [1.82, 2.24) is 19.6 Å². The summed E-state index contributed by atoms with van der Waals surface area (Å²) in [6, 6.07) is 5.97. The second-order valence-corrected chi connectivity index (χ2v) is 8.10. The number of carbonyl (C=O) groups is 1. The van der Waals surface area contributed by atoms with Gasteiger partial charge in [0.15, 0.2) is 11.5 Å². The molecule has 0 radical (unpaired) electrons. The van der Waals surface area contributed by atoms with E-state index in [2.05, 4.69) is 15.5 Å². The number of hydrogen-bond acceptors (Lipinski definition) is 3. The first-order chi connectivity index (χ1) is 15.2. The Morgan fingerprint density at radius 3 is 2.69 bits per heavy atom. The third-order valence-corrected chi connectivity index (χ3v) is 5.55. The maximum absolute atomic E-state index is 13.4. The van der Waals surface area contributed by atoms with Crippen molar-refractivity contribution in [3.8, 4) is 0 Å². The van der Waals surface area contributed by atoms with E-state index in [4.69, 9.17) is 11.6 Å². The Kier molecular flexibility index (Phi) is 6.23. The largest absolute Gasteiger partial charge is 0.435 e. The van der Waals surface area contributed by atoms with Gasteiger partial charge in [0.2, 0.25) is 5.91 Å². The third kappa shape index (κ3) is 4.95. The number of carbonyl (C=O) groups excluding carboxylic acids is 1. The topological polar surface area (TPSA) is 64.7 Å². The predicted molar refractivity (Wildman–Crippen MR) is 110 cm³/mol. The van der Waals surface area contributed by atoms with Gasteiger partial charge in [-0.1, -0.05) is 30.2 Å². The zero-order valence-corrected chi connectivity index (χ0v) is 17.7. The standard InChI is InChI=1S/C21H20ClF4N5O/c22-16-11-30(10-13-5-4-6-14(23)9-13)29-20(16)27-18(32)12-31-17-8-3-1-2-7-15(17)19(28-31)21(24,25)26/h4-6,9,11H,1-3,7-8,10,12H2,(H,27,29,32). The number of fused-ring (bicyclic) bond motifs is 1. The Balaban J connectivity index is 1.50. The van der Waals surface area contributed by atoms with Gasteiger partial charge in [-0.3, -0.25) is 14.2 Å². The molecule has 0 spiro atoms. The molecular formula is C21H20ClF4N5O. The van der Waals surface area contributed by atoms with Gasteiger partial charge in [-0.05, 0) is 43.4 Å². The maximum Gasteiger partial charge on any atom is 0.435 e. The van der Waals surface area contributed by atoms with Gasteiger partial charge in [0.25, 0.3) is 0 Å². The Morgan fingerprint density at radius 1 is 1.16 bits per heavy atom. The van der Waals surface area contributed by atoms with E-state index in [1.54, 1.807) is 12.1 Å². The highest BCUT2D eigenvalue weighted by molar-refractivity contribution is 6.33. The van der Waals surface area contributed by atoms with Gasteiger partial charge >= 0.3 is 6.18 Å². The van der Waals surface area contributed by atoms with Crippen LogP contribution in [0.2, 0.25) is 5.02 Å². The number of amides is 1. The summed E-state index contributed by atoms with van der Waals surface area (Å²) in [4.78, 5) is 12.6. The summed E-state index contributed by atoms with van der Waals surface area (Å²) in [5.74, 6) is -0.903. The Morgan fingerprint density at radius 2 is 1.94 bits per heavy atom. The van der Waals surface area contributed by atoms with Crippen molar-refractivity contribution < 1.29 is 22.4 Å². The van der Waals surface area contributed by atoms with Gasteiger partial charge in [0, 0.05) is 17.5 Å². The van der Waals surface area contributed by atoms with Crippen molar-refractivity contribution in [3.05, 3.63) is 63.8 Å². The molecule has 1 aromatic carbocycles. The van der Waals surface area contributed by atoms with Gasteiger partial charge in [-0.2, -0.15) is 23.4 Å². The lowest BCUT2D eigenvalue weighted by Gasteiger charge is -2.08. The van der Waals surface area contributed by atoms with Crippen molar-refractivity contribution in [2.75, 3.05) is 5.32 Å². The van der Waals surface area contributed by atoms with Crippen LogP contribution in [0, 0.1) is 5.82 Å². The Labute approximate surface area is 186 Å². The van der Waals surface area contributed by atoms with Gasteiger partial charge in [-0.25, -0.2) is 4.39 Å². The van der Waals surface area contributed by atoms with Crippen molar-refractivity contribution in [2.24, 2.45) is 0 Å². The van der Waals surface area contributed by atoms with Gasteiger partial charge < -0.3 is 5.32 Å². The van der Waals surface area contributed by atoms with Crippen molar-refractivity contribution in [2.45, 2.75) is 51.4 Å². The summed E-state index contributed by atoms with van der Waals surface area (Å²) >= 11 is 6.15. The van der Waals surface area contributed by atoms with E-state index in [-0.39, 0.29) is 35.3 Å². The number of anilines is 1. The fourth-order valence-corrected chi connectivity index (χ4v) is 4.10. The lowest BCUT2D eigenvalue weighted by molar-refractivity contribution is -0.142. The highest BCUT2D eigenvalue weighted by Gasteiger charge is 2.39. The SMILES string of the molecule is O=C(Cn1nc(C(F)(F)F)c2c1CCCCC2)Nc1nn(Cc2cccc(F)c2)cc1Cl. The summed E-state index contributed by atoms with van der Waals surface area (Å²) in [7, 11) is 0. The average Bonchev–Trinajstić information content (AvgIpc) is 3.11. The van der Waals surface area contributed by atoms with Crippen LogP contribution in [0.5, 0.6) is 0 Å². The molecule has 1 amide bonds. The first-order valence-electron chi connectivity index (χ1n) is 10.1. The van der Waals surface area contributed by atoms with E-state index in [1.165, 1.54) is 23.0 Å². The normalized spacial score (nSPS) is 14.2. The lowest BCUT2D eigenvalue weighted by atomic mass is 10.1. The van der Waals surface area contributed by atoms with E-state index in [0.717, 1.165) is 17.5 Å². The molecule has 0 atom stereocenters. The molecule has 2 heterocycles. The highest BCUT2D eigenvalue weighted by atomic mass is 35.5. The molecule has 0 unspecified atom stereocenters. The first kappa shape index (κ1) is 22.3. The Hall–Kier alpha value is -2.88. The fraction of sp³-hybridized carbons (Fsp3) is 0.381. The van der Waals surface area contributed by atoms with Crippen LogP contribution in [0.15, 0.2) is 30.5 Å². The molecule has 2 aromatic heterocycles. The van der Waals surface area contributed by atoms with Gasteiger partial charge in [-0.15, -0.1) is 0 Å². The number of hydrogen-bond donors (Lipinski definition) is 1. The Bertz CT molecular complexity index is 1140. The minimum Gasteiger partial charge on any atom is -0.306 e. The van der Waals surface area contributed by atoms with Gasteiger partial charge in [0.05, 0.1) is 6.54 Å². The van der Waals surface area contributed by atoms with Crippen LogP contribution in [-0.2, 0) is 36.9 Å². The first-order valence-corrected chi connectivity index (χ1v) is 10.5. The van der Waals surface area contributed by atoms with E-state index in [1.807, 2.05) is 0 Å². The zero-order chi connectivity index (χ0) is 22.9. The quantitative estimate of drug-likeness (QED) is 0.429. The summed E-state index contributed by atoms with van der Waals surface area (Å²) in [5, 5.41) is 10.6. The second kappa shape index (κ2) is 8.93. The molecule has 11 heteroatoms. The van der Waals surface area contributed by atoms with Crippen molar-refractivity contribution in [3.63, 3.8) is 0 Å². The number of benzene rings is 1. The summed E-state index contributed by atoms with van der Waals surface area (Å²) in [5.41, 5.74) is 0.369. The number of nitrogens with zero attached hydrogens (tertiary/aromatic N) is 4. The summed E-state index contributed by atoms with van der Waals surface area (Å²) in [6.07, 6.45) is -0.132. The molecule has 1 aliphatic rings. The molecule has 0 bridgehead atoms. The second-order valence-electron chi connectivity index (χ2n) is 7.69. The molecular weight excluding hydrogens is 450 g/mol. The van der Waals surface area contributed by atoms with Crippen LogP contribution in [0.1, 0.15) is 41.8 Å². The molecule has 3 aromatic rings. The average molecular weight is 470 g/mol. The number of alkyl halides is 3. The van der Waals surface area contributed by atoms with E-state index >= 15 is 0 Å². The third-order valence-electron chi connectivity index (χ3n) is 5.28. The molecule has 4 rings (SSSR count). The molecule has 170 valence electrons. The number of nitrogens with one attached hydrogen (secondary N) is 1. The van der Waals surface area contributed by atoms with Crippen LogP contribution < -0.4 is 5.32 Å². The van der Waals surface area contributed by atoms with Crippen molar-refractivity contribution in [1.29, 1.82) is 0 Å². The molecule has 1 N–H and O–H groups in total. The summed E-state index contributed by atoms with van der Waals surface area (Å²) in [6.45, 7) is -0.152. The lowest BCUT2D eigenvalue weighted by Crippen LogP contribution is -2.22. The van der Waals surface area contributed by atoms with E-state index < -0.39 is 17.8 Å². The molecule has 6 nitrogen and oxygen atoms in total.